The Morgan fingerprint density at radius 1 is 0.947 bits per heavy atom. The number of fused-ring (bicyclic) bond motifs is 1. The average Bonchev–Trinajstić information content (AvgIpc) is 3.32. The van der Waals surface area contributed by atoms with E-state index in [0.717, 1.165) is 66.0 Å². The highest BCUT2D eigenvalue weighted by Crippen LogP contribution is 2.28. The van der Waals surface area contributed by atoms with Crippen LogP contribution in [0.2, 0.25) is 0 Å². The van der Waals surface area contributed by atoms with Crippen LogP contribution in [-0.4, -0.2) is 40.4 Å². The maximum atomic E-state index is 4.66. The maximum absolute atomic E-state index is 4.66. The first-order chi connectivity index (χ1) is 18.5. The van der Waals surface area contributed by atoms with Crippen LogP contribution in [0.4, 0.5) is 5.82 Å². The molecule has 38 heavy (non-hydrogen) atoms. The SMILES string of the molecule is CCCc1c(CNCC2CCC(C)CC2)cnn1-c1ccccc1.Cc1nc(N(C)C)c2ccccc2n1. The molecule has 1 saturated carbocycles. The van der Waals surface area contributed by atoms with Crippen LogP contribution in [0.15, 0.2) is 60.8 Å². The quantitative estimate of drug-likeness (QED) is 0.283. The number of nitrogens with one attached hydrogen (secondary N) is 1. The molecule has 4 aromatic rings. The highest BCUT2D eigenvalue weighted by Gasteiger charge is 2.18. The molecule has 2 heterocycles. The van der Waals surface area contributed by atoms with Gasteiger partial charge in [0.05, 0.1) is 17.4 Å². The number of nitrogens with zero attached hydrogens (tertiary/aromatic N) is 5. The molecule has 0 spiro atoms. The van der Waals surface area contributed by atoms with Gasteiger partial charge in [0.1, 0.15) is 11.6 Å². The summed E-state index contributed by atoms with van der Waals surface area (Å²) >= 11 is 0. The molecule has 0 atom stereocenters. The van der Waals surface area contributed by atoms with E-state index in [2.05, 4.69) is 69.2 Å². The molecule has 1 N–H and O–H groups in total. The Balaban J connectivity index is 0.000000204. The summed E-state index contributed by atoms with van der Waals surface area (Å²) in [6, 6.07) is 18.5. The molecule has 6 nitrogen and oxygen atoms in total. The van der Waals surface area contributed by atoms with Crippen molar-refractivity contribution in [1.29, 1.82) is 0 Å². The van der Waals surface area contributed by atoms with Crippen LogP contribution >= 0.6 is 0 Å². The molecule has 1 aliphatic carbocycles. The zero-order valence-corrected chi connectivity index (χ0v) is 23.8. The lowest BCUT2D eigenvalue weighted by molar-refractivity contribution is 0.281. The maximum Gasteiger partial charge on any atom is 0.139 e. The van der Waals surface area contributed by atoms with Crippen LogP contribution in [0.5, 0.6) is 0 Å². The van der Waals surface area contributed by atoms with E-state index in [1.54, 1.807) is 0 Å². The fourth-order valence-corrected chi connectivity index (χ4v) is 5.31. The van der Waals surface area contributed by atoms with Gasteiger partial charge in [0.25, 0.3) is 0 Å². The predicted octanol–water partition coefficient (Wildman–Crippen LogP) is 6.74. The number of benzene rings is 2. The van der Waals surface area contributed by atoms with E-state index < -0.39 is 0 Å². The van der Waals surface area contributed by atoms with E-state index in [-0.39, 0.29) is 0 Å². The van der Waals surface area contributed by atoms with Crippen molar-refractivity contribution >= 4 is 16.7 Å². The Morgan fingerprint density at radius 2 is 1.66 bits per heavy atom. The number of para-hydroxylation sites is 2. The van der Waals surface area contributed by atoms with Crippen molar-refractivity contribution in [1.82, 2.24) is 25.1 Å². The van der Waals surface area contributed by atoms with Gasteiger partial charge in [0.15, 0.2) is 0 Å². The molecule has 202 valence electrons. The van der Waals surface area contributed by atoms with Gasteiger partial charge in [-0.3, -0.25) is 0 Å². The van der Waals surface area contributed by atoms with Gasteiger partial charge in [-0.2, -0.15) is 5.10 Å². The van der Waals surface area contributed by atoms with Crippen LogP contribution < -0.4 is 10.2 Å². The van der Waals surface area contributed by atoms with Gasteiger partial charge in [0, 0.05) is 37.3 Å². The number of aryl methyl sites for hydroxylation is 1. The van der Waals surface area contributed by atoms with Crippen LogP contribution in [0.25, 0.3) is 16.6 Å². The van der Waals surface area contributed by atoms with E-state index in [1.165, 1.54) is 36.9 Å². The van der Waals surface area contributed by atoms with Gasteiger partial charge in [-0.25, -0.2) is 14.6 Å². The zero-order valence-electron chi connectivity index (χ0n) is 23.8. The highest BCUT2D eigenvalue weighted by molar-refractivity contribution is 5.89. The lowest BCUT2D eigenvalue weighted by atomic mass is 9.83. The summed E-state index contributed by atoms with van der Waals surface area (Å²) in [5.41, 5.74) is 4.87. The number of anilines is 1. The van der Waals surface area contributed by atoms with Crippen molar-refractivity contribution in [2.75, 3.05) is 25.5 Å². The smallest absolute Gasteiger partial charge is 0.139 e. The standard InChI is InChI=1S/C21H31N3.C11H13N3/c1-3-7-21-19(15-22-14-18-12-10-17(2)11-13-18)16-23-24(21)20-8-5-4-6-9-20;1-8-12-10-7-5-4-6-9(10)11(13-8)14(2)3/h4-6,8-9,16-18,22H,3,7,10-15H2,1-2H3;4-7H,1-3H3. The molecule has 1 aliphatic rings. The highest BCUT2D eigenvalue weighted by atomic mass is 15.3. The molecular formula is C32H44N6. The first-order valence-corrected chi connectivity index (χ1v) is 14.2. The monoisotopic (exact) mass is 512 g/mol. The van der Waals surface area contributed by atoms with E-state index in [0.29, 0.717) is 0 Å². The molecule has 2 aromatic carbocycles. The minimum absolute atomic E-state index is 0.812. The van der Waals surface area contributed by atoms with Gasteiger partial charge >= 0.3 is 0 Å². The zero-order chi connectivity index (χ0) is 26.9. The Bertz CT molecular complexity index is 1270. The molecule has 0 unspecified atom stereocenters. The number of hydrogen-bond acceptors (Lipinski definition) is 5. The third kappa shape index (κ3) is 7.19. The van der Waals surface area contributed by atoms with Crippen LogP contribution in [0, 0.1) is 18.8 Å². The first-order valence-electron chi connectivity index (χ1n) is 14.2. The van der Waals surface area contributed by atoms with E-state index in [4.69, 9.17) is 0 Å². The molecule has 0 amide bonds. The van der Waals surface area contributed by atoms with Crippen molar-refractivity contribution < 1.29 is 0 Å². The van der Waals surface area contributed by atoms with Crippen molar-refractivity contribution in [3.05, 3.63) is 77.9 Å². The second-order valence-electron chi connectivity index (χ2n) is 10.9. The molecule has 1 fully saturated rings. The summed E-state index contributed by atoms with van der Waals surface area (Å²) in [7, 11) is 3.99. The molecule has 0 radical (unpaired) electrons. The topological polar surface area (TPSA) is 58.9 Å². The Labute approximate surface area is 228 Å². The third-order valence-electron chi connectivity index (χ3n) is 7.45. The van der Waals surface area contributed by atoms with E-state index in [9.17, 15) is 0 Å². The fraction of sp³-hybridized carbons (Fsp3) is 0.469. The van der Waals surface area contributed by atoms with Gasteiger partial charge in [-0.05, 0) is 68.8 Å². The summed E-state index contributed by atoms with van der Waals surface area (Å²) in [5, 5.41) is 9.45. The van der Waals surface area contributed by atoms with E-state index >= 15 is 0 Å². The molecular weight excluding hydrogens is 468 g/mol. The van der Waals surface area contributed by atoms with Crippen molar-refractivity contribution in [2.24, 2.45) is 11.8 Å². The van der Waals surface area contributed by atoms with Gasteiger partial charge < -0.3 is 10.2 Å². The lowest BCUT2D eigenvalue weighted by Crippen LogP contribution is -2.26. The van der Waals surface area contributed by atoms with Gasteiger partial charge in [-0.15, -0.1) is 0 Å². The molecule has 2 aromatic heterocycles. The molecule has 5 rings (SSSR count). The minimum atomic E-state index is 0.812. The normalized spacial score (nSPS) is 17.2. The second kappa shape index (κ2) is 13.5. The third-order valence-corrected chi connectivity index (χ3v) is 7.45. The Morgan fingerprint density at radius 3 is 2.37 bits per heavy atom. The van der Waals surface area contributed by atoms with Gasteiger partial charge in [0.2, 0.25) is 0 Å². The summed E-state index contributed by atoms with van der Waals surface area (Å²) in [5.74, 6) is 3.59. The molecule has 6 heteroatoms. The average molecular weight is 513 g/mol. The van der Waals surface area contributed by atoms with Gasteiger partial charge in [-0.1, -0.05) is 63.4 Å². The summed E-state index contributed by atoms with van der Waals surface area (Å²) < 4.78 is 2.11. The minimum Gasteiger partial charge on any atom is -0.362 e. The number of rotatable bonds is 8. The lowest BCUT2D eigenvalue weighted by Gasteiger charge is -2.26. The van der Waals surface area contributed by atoms with E-state index in [1.807, 2.05) is 56.4 Å². The van der Waals surface area contributed by atoms with Crippen molar-refractivity contribution in [3.8, 4) is 5.69 Å². The van der Waals surface area contributed by atoms with Crippen LogP contribution in [0.3, 0.4) is 0 Å². The Hall–Kier alpha value is -3.25. The predicted molar refractivity (Wildman–Crippen MR) is 159 cm³/mol. The largest absolute Gasteiger partial charge is 0.362 e. The fourth-order valence-electron chi connectivity index (χ4n) is 5.31. The first kappa shape index (κ1) is 27.8. The molecule has 0 aliphatic heterocycles. The number of aromatic nitrogens is 4. The molecule has 0 saturated heterocycles. The van der Waals surface area contributed by atoms with Crippen molar-refractivity contribution in [3.63, 3.8) is 0 Å². The van der Waals surface area contributed by atoms with Crippen molar-refractivity contribution in [2.45, 2.75) is 65.8 Å². The van der Waals surface area contributed by atoms with Crippen LogP contribution in [-0.2, 0) is 13.0 Å². The summed E-state index contributed by atoms with van der Waals surface area (Å²) in [6.45, 7) is 8.63. The molecule has 0 bridgehead atoms. The summed E-state index contributed by atoms with van der Waals surface area (Å²) in [6.07, 6.45) is 9.85. The Kier molecular flexibility index (Phi) is 9.88. The second-order valence-corrected chi connectivity index (χ2v) is 10.9. The number of hydrogen-bond donors (Lipinski definition) is 1. The summed E-state index contributed by atoms with van der Waals surface area (Å²) in [4.78, 5) is 10.8. The van der Waals surface area contributed by atoms with Crippen LogP contribution in [0.1, 0.15) is 63.0 Å².